The van der Waals surface area contributed by atoms with Crippen molar-refractivity contribution in [2.45, 2.75) is 225 Å². The number of rotatable bonds is 40. The summed E-state index contributed by atoms with van der Waals surface area (Å²) in [5.41, 5.74) is 2.89. The summed E-state index contributed by atoms with van der Waals surface area (Å²) in [6.07, 6.45) is 12.8. The maximum Gasteiger partial charge on any atom is 0.409 e. The average molecular weight is 1650 g/mol. The van der Waals surface area contributed by atoms with Gasteiger partial charge in [0.05, 0.1) is 48.6 Å². The molecule has 7 heterocycles. The van der Waals surface area contributed by atoms with E-state index in [0.29, 0.717) is 125 Å². The lowest BCUT2D eigenvalue weighted by Crippen LogP contribution is -2.64. The molecule has 6 aromatic rings. The van der Waals surface area contributed by atoms with Crippen LogP contribution in [0.2, 0.25) is 5.02 Å². The fourth-order valence-corrected chi connectivity index (χ4v) is 16.6. The summed E-state index contributed by atoms with van der Waals surface area (Å²) in [5, 5.41) is 23.8. The van der Waals surface area contributed by atoms with Crippen molar-refractivity contribution in [3.8, 4) is 11.5 Å². The first-order valence-corrected chi connectivity index (χ1v) is 43.0. The number of amides is 6. The van der Waals surface area contributed by atoms with Gasteiger partial charge in [-0.3, -0.25) is 49.1 Å². The number of aromatic nitrogens is 4. The number of hydrogen-bond acceptors (Lipinski definition) is 22. The fraction of sp³-hybridized carbons (Fsp3) is 0.506. The molecular formula is C87H115ClN12O14S2. The molecule has 26 nitrogen and oxygen atoms in total. The molecule has 2 fully saturated rings. The number of nitrogens with one attached hydrogen (secondary N) is 4. The maximum atomic E-state index is 14.6. The van der Waals surface area contributed by atoms with Crippen LogP contribution in [0.15, 0.2) is 139 Å². The summed E-state index contributed by atoms with van der Waals surface area (Å²) in [5.74, 6) is 0.452. The molecule has 5 N–H and O–H groups in total. The molecule has 0 radical (unpaired) electrons. The minimum absolute atomic E-state index is 0.0615. The number of hydrogen-bond donors (Lipinski definition) is 5. The normalized spacial score (nSPS) is 21.1. The van der Waals surface area contributed by atoms with E-state index < -0.39 is 65.2 Å². The Labute approximate surface area is 695 Å². The lowest BCUT2D eigenvalue weighted by atomic mass is 9.76. The van der Waals surface area contributed by atoms with E-state index in [-0.39, 0.29) is 54.3 Å². The number of aliphatic hydroxyl groups is 1. The molecule has 8 atom stereocenters. The summed E-state index contributed by atoms with van der Waals surface area (Å²) < 4.78 is 36.7. The highest BCUT2D eigenvalue weighted by Crippen LogP contribution is 2.58. The molecule has 6 amide bonds. The zero-order chi connectivity index (χ0) is 83.4. The highest BCUT2D eigenvalue weighted by Gasteiger charge is 2.73. The molecule has 4 bridgehead atoms. The van der Waals surface area contributed by atoms with Gasteiger partial charge in [0, 0.05) is 129 Å². The number of fused-ring (bicyclic) bond motifs is 5. The van der Waals surface area contributed by atoms with Gasteiger partial charge in [-0.2, -0.15) is 0 Å². The van der Waals surface area contributed by atoms with Crippen molar-refractivity contribution in [2.24, 2.45) is 5.92 Å². The van der Waals surface area contributed by atoms with Crippen molar-refractivity contribution in [3.05, 3.63) is 184 Å². The number of epoxide rings is 1. The Hall–Kier alpha value is -9.00. The van der Waals surface area contributed by atoms with Gasteiger partial charge in [0.25, 0.3) is 0 Å². The lowest BCUT2D eigenvalue weighted by molar-refractivity contribution is -0.162. The van der Waals surface area contributed by atoms with Crippen LogP contribution in [0, 0.1) is 5.92 Å². The SMILES string of the molecule is CCCCCC(=O)Nc1cccc(CN(Cc2cc(CN(Cc3ccccn3)Cc3cccc(NC(=O)CCCCC)n3)cc(OCCCCNC(=O)CCSSCCC(=O)N(C)[C@H](C)C(=O)O[C@H]3CC(=O)N(C)c4cc(cc(OC)c4Cl)C/C(C)=C/C=C/[C@H](OC)[C@]4(O)C[C@@H](OC(=O)N4)[C@H](C)C4(C)O[C@]34C)c2)Cc2ccccn2)n1. The second kappa shape index (κ2) is 44.5. The van der Waals surface area contributed by atoms with Crippen molar-refractivity contribution in [1.29, 1.82) is 0 Å². The van der Waals surface area contributed by atoms with Crippen molar-refractivity contribution in [3.63, 3.8) is 0 Å². The highest BCUT2D eigenvalue weighted by molar-refractivity contribution is 8.76. The highest BCUT2D eigenvalue weighted by atomic mass is 35.5. The first-order chi connectivity index (χ1) is 55.7. The van der Waals surface area contributed by atoms with Crippen molar-refractivity contribution in [1.82, 2.24) is 45.3 Å². The molecular weight excluding hydrogens is 1540 g/mol. The van der Waals surface area contributed by atoms with Crippen molar-refractivity contribution in [2.75, 3.05) is 68.5 Å². The Morgan fingerprint density at radius 2 is 1.32 bits per heavy atom. The van der Waals surface area contributed by atoms with Gasteiger partial charge in [-0.05, 0) is 149 Å². The third-order valence-corrected chi connectivity index (χ3v) is 24.2. The summed E-state index contributed by atoms with van der Waals surface area (Å²) in [6, 6.07) is 31.9. The second-order valence-electron chi connectivity index (χ2n) is 30.4. The predicted molar refractivity (Wildman–Crippen MR) is 452 cm³/mol. The van der Waals surface area contributed by atoms with Gasteiger partial charge in [0.2, 0.25) is 29.5 Å². The van der Waals surface area contributed by atoms with Crippen LogP contribution in [0.1, 0.15) is 178 Å². The van der Waals surface area contributed by atoms with Gasteiger partial charge in [-0.15, -0.1) is 0 Å². The molecule has 4 aromatic heterocycles. The van der Waals surface area contributed by atoms with Gasteiger partial charge in [-0.1, -0.05) is 134 Å². The number of methoxy groups -OCH3 is 2. The minimum atomic E-state index is -1.90. The number of unbranched alkanes of at least 4 members (excludes halogenated alkanes) is 5. The number of benzene rings is 2. The molecule has 0 spiro atoms. The molecule has 29 heteroatoms. The third-order valence-electron chi connectivity index (χ3n) is 21.4. The summed E-state index contributed by atoms with van der Waals surface area (Å²) >= 11 is 6.91. The molecule has 9 rings (SSSR count). The Balaban J connectivity index is 0.794. The van der Waals surface area contributed by atoms with E-state index in [1.807, 2.05) is 85.8 Å². The Kier molecular flexibility index (Phi) is 34.9. The van der Waals surface area contributed by atoms with E-state index in [1.165, 1.54) is 52.7 Å². The molecule has 116 heavy (non-hydrogen) atoms. The van der Waals surface area contributed by atoms with E-state index in [4.69, 9.17) is 60.0 Å². The summed E-state index contributed by atoms with van der Waals surface area (Å²) in [6.45, 7) is 16.7. The van der Waals surface area contributed by atoms with E-state index in [9.17, 15) is 38.7 Å². The van der Waals surface area contributed by atoms with Crippen molar-refractivity contribution >= 4 is 92.1 Å². The molecule has 626 valence electrons. The average Bonchev–Trinajstić information content (AvgIpc) is 1.53. The van der Waals surface area contributed by atoms with Crippen LogP contribution in [0.25, 0.3) is 0 Å². The lowest BCUT2D eigenvalue weighted by Gasteiger charge is -2.43. The summed E-state index contributed by atoms with van der Waals surface area (Å²) in [7, 11) is 8.91. The van der Waals surface area contributed by atoms with Crippen LogP contribution < -0.4 is 35.6 Å². The Morgan fingerprint density at radius 3 is 1.89 bits per heavy atom. The number of ether oxygens (including phenoxy) is 6. The van der Waals surface area contributed by atoms with E-state index in [2.05, 4.69) is 63.1 Å². The second-order valence-corrected chi connectivity index (χ2v) is 33.5. The largest absolute Gasteiger partial charge is 0.495 e. The zero-order valence-electron chi connectivity index (χ0n) is 68.8. The number of halogens is 1. The van der Waals surface area contributed by atoms with Crippen LogP contribution in [0.5, 0.6) is 11.5 Å². The molecule has 2 aromatic carbocycles. The summed E-state index contributed by atoms with van der Waals surface area (Å²) in [4.78, 5) is 122. The van der Waals surface area contributed by atoms with E-state index in [1.54, 1.807) is 71.4 Å². The van der Waals surface area contributed by atoms with E-state index >= 15 is 0 Å². The van der Waals surface area contributed by atoms with Crippen molar-refractivity contribution < 1.29 is 67.1 Å². The molecule has 0 aliphatic carbocycles. The fourth-order valence-electron chi connectivity index (χ4n) is 14.4. The predicted octanol–water partition coefficient (Wildman–Crippen LogP) is 14.1. The van der Waals surface area contributed by atoms with Gasteiger partial charge < -0.3 is 59.3 Å². The Morgan fingerprint density at radius 1 is 0.733 bits per heavy atom. The van der Waals surface area contributed by atoms with Gasteiger partial charge in [0.1, 0.15) is 63.7 Å². The monoisotopic (exact) mass is 1650 g/mol. The van der Waals surface area contributed by atoms with Crippen LogP contribution >= 0.6 is 33.2 Å². The number of allylic oxidation sites excluding steroid dienone is 3. The topological polar surface area (TPSA) is 311 Å². The van der Waals surface area contributed by atoms with Crippen LogP contribution in [0.3, 0.4) is 0 Å². The molecule has 3 aliphatic heterocycles. The number of likely N-dealkylation sites (N-methyl/N-ethyl adjacent to an activating group) is 1. The zero-order valence-corrected chi connectivity index (χ0v) is 71.2. The first kappa shape index (κ1) is 90.9. The van der Waals surface area contributed by atoms with Gasteiger partial charge >= 0.3 is 12.1 Å². The van der Waals surface area contributed by atoms with Crippen LogP contribution in [0.4, 0.5) is 22.1 Å². The number of pyridine rings is 4. The number of carbonyl (C=O) groups excluding carboxylic acids is 7. The molecule has 1 unspecified atom stereocenters. The van der Waals surface area contributed by atoms with E-state index in [0.717, 1.165) is 83.6 Å². The molecule has 0 saturated carbocycles. The Bertz CT molecular complexity index is 4210. The van der Waals surface area contributed by atoms with Gasteiger partial charge in [-0.25, -0.2) is 19.6 Å². The maximum absolute atomic E-state index is 14.6. The first-order valence-electron chi connectivity index (χ1n) is 40.1. The number of carbonyl (C=O) groups is 7. The third kappa shape index (κ3) is 26.8. The quantitative estimate of drug-likeness (QED) is 0.0103. The van der Waals surface area contributed by atoms with Crippen LogP contribution in [-0.4, -0.2) is 176 Å². The smallest absolute Gasteiger partial charge is 0.409 e. The number of nitrogens with zero attached hydrogens (tertiary/aromatic N) is 8. The number of alkyl carbamates (subject to hydrolysis) is 1. The number of esters is 1. The molecule has 3 aliphatic rings. The van der Waals surface area contributed by atoms with Gasteiger partial charge in [0.15, 0.2) is 5.72 Å². The standard InChI is InChI=1S/C87H115ClN12O14S2/c1-12-14-16-35-78(102)94-75-33-25-30-67(92-75)57-99(55-65-28-18-20-39-89-65)53-63-46-64(54-100(56-66-29-19-21-40-90-66)58-68-31-26-34-76(93-68)95-79(103)36-17-15-13-2)48-69(47-63)111-42-23-22-41-91-77(101)37-43-115-116-44-38-80(104)97(8)61(5)83(106)113-74-51-81(105)98(9)70-49-62(50-71(109-10)82(70)88)45-59(3)27-24-32-73(110-11)87(108)52-72(112-84(107)96-87)60(4)85(6)86(74,7)114-85/h18-21,24-34,39-40,46-50,60-61,72-74,108H,12-17,22-23,35-38,41-45,51-58H2,1-11H3,(H,91,101)(H,96,107)(H,92,94,102)(H,93,95,103)/b32-24+,59-27+/t60-,61+,72+,73-,74-,85?,86+,87+/m0/s1. The molecule has 2 saturated heterocycles. The van der Waals surface area contributed by atoms with Crippen LogP contribution in [-0.2, 0) is 93.4 Å². The number of anilines is 3. The minimum Gasteiger partial charge on any atom is -0.495 e.